The van der Waals surface area contributed by atoms with Crippen LogP contribution < -0.4 is 10.6 Å². The molecule has 5 heteroatoms. The molecule has 1 aromatic carbocycles. The van der Waals surface area contributed by atoms with E-state index in [1.807, 2.05) is 30.3 Å². The fourth-order valence-electron chi connectivity index (χ4n) is 1.37. The molecule has 2 N–H and O–H groups in total. The third kappa shape index (κ3) is 5.33. The lowest BCUT2D eigenvalue weighted by molar-refractivity contribution is -0.140. The van der Waals surface area contributed by atoms with Crippen molar-refractivity contribution in [2.45, 2.75) is 20.4 Å². The number of carbonyl (C=O) groups excluding carboxylic acids is 3. The highest BCUT2D eigenvalue weighted by atomic mass is 16.2. The predicted molar refractivity (Wildman–Crippen MR) is 71.1 cm³/mol. The van der Waals surface area contributed by atoms with Crippen molar-refractivity contribution >= 4 is 17.6 Å². The standard InChI is InChI=1S/C14H18N2O3/c1-10(2)13(18)14(19)16-9-12(17)15-8-11-6-4-3-5-7-11/h3-7,10H,8-9H2,1-2H3,(H,15,17)(H,16,19). The summed E-state index contributed by atoms with van der Waals surface area (Å²) in [6.45, 7) is 3.48. The summed E-state index contributed by atoms with van der Waals surface area (Å²) in [6, 6.07) is 9.43. The van der Waals surface area contributed by atoms with Crippen molar-refractivity contribution in [2.75, 3.05) is 6.54 Å². The highest BCUT2D eigenvalue weighted by Crippen LogP contribution is 1.97. The number of hydrogen-bond donors (Lipinski definition) is 2. The lowest BCUT2D eigenvalue weighted by atomic mass is 10.1. The lowest BCUT2D eigenvalue weighted by Gasteiger charge is -2.07. The van der Waals surface area contributed by atoms with Gasteiger partial charge in [0.25, 0.3) is 5.91 Å². The Kier molecular flexibility index (Phi) is 5.73. The number of rotatable bonds is 6. The largest absolute Gasteiger partial charge is 0.350 e. The molecule has 0 heterocycles. The number of hydrogen-bond acceptors (Lipinski definition) is 3. The van der Waals surface area contributed by atoms with Crippen LogP contribution in [0.25, 0.3) is 0 Å². The van der Waals surface area contributed by atoms with Gasteiger partial charge < -0.3 is 10.6 Å². The van der Waals surface area contributed by atoms with Crippen LogP contribution in [0.5, 0.6) is 0 Å². The first-order valence-electron chi connectivity index (χ1n) is 6.13. The Balaban J connectivity index is 2.29. The minimum Gasteiger partial charge on any atom is -0.350 e. The van der Waals surface area contributed by atoms with Crippen LogP contribution in [0.2, 0.25) is 0 Å². The van der Waals surface area contributed by atoms with Gasteiger partial charge >= 0.3 is 0 Å². The molecule has 0 aromatic heterocycles. The van der Waals surface area contributed by atoms with E-state index in [9.17, 15) is 14.4 Å². The summed E-state index contributed by atoms with van der Waals surface area (Å²) in [4.78, 5) is 34.1. The maximum atomic E-state index is 11.5. The molecule has 0 atom stereocenters. The van der Waals surface area contributed by atoms with Crippen LogP contribution >= 0.6 is 0 Å². The first-order valence-corrected chi connectivity index (χ1v) is 6.13. The van der Waals surface area contributed by atoms with E-state index >= 15 is 0 Å². The van der Waals surface area contributed by atoms with E-state index in [1.54, 1.807) is 13.8 Å². The molecule has 0 aliphatic heterocycles. The number of carbonyl (C=O) groups is 3. The number of Topliss-reactive ketones (excluding diaryl/α,β-unsaturated/α-hetero) is 1. The van der Waals surface area contributed by atoms with Gasteiger partial charge in [-0.3, -0.25) is 14.4 Å². The summed E-state index contributed by atoms with van der Waals surface area (Å²) in [7, 11) is 0. The fourth-order valence-corrected chi connectivity index (χ4v) is 1.37. The number of benzene rings is 1. The van der Waals surface area contributed by atoms with Gasteiger partial charge in [0.05, 0.1) is 6.54 Å². The van der Waals surface area contributed by atoms with E-state index in [0.29, 0.717) is 6.54 Å². The molecule has 0 saturated heterocycles. The van der Waals surface area contributed by atoms with Crippen LogP contribution in [-0.2, 0) is 20.9 Å². The zero-order valence-corrected chi connectivity index (χ0v) is 11.1. The van der Waals surface area contributed by atoms with E-state index < -0.39 is 11.7 Å². The van der Waals surface area contributed by atoms with Crippen molar-refractivity contribution in [1.82, 2.24) is 10.6 Å². The van der Waals surface area contributed by atoms with Gasteiger partial charge in [-0.05, 0) is 5.56 Å². The molecule has 5 nitrogen and oxygen atoms in total. The molecule has 0 radical (unpaired) electrons. The maximum absolute atomic E-state index is 11.5. The van der Waals surface area contributed by atoms with Gasteiger partial charge in [-0.1, -0.05) is 44.2 Å². The van der Waals surface area contributed by atoms with Crippen molar-refractivity contribution in [2.24, 2.45) is 5.92 Å². The lowest BCUT2D eigenvalue weighted by Crippen LogP contribution is -2.40. The highest BCUT2D eigenvalue weighted by Gasteiger charge is 2.17. The van der Waals surface area contributed by atoms with Crippen molar-refractivity contribution in [3.63, 3.8) is 0 Å². The van der Waals surface area contributed by atoms with Crippen LogP contribution in [0.1, 0.15) is 19.4 Å². The Morgan fingerprint density at radius 1 is 1.05 bits per heavy atom. The molecule has 1 rings (SSSR count). The molecule has 0 bridgehead atoms. The van der Waals surface area contributed by atoms with Crippen molar-refractivity contribution in [3.05, 3.63) is 35.9 Å². The van der Waals surface area contributed by atoms with Crippen LogP contribution in [-0.4, -0.2) is 24.1 Å². The summed E-state index contributed by atoms with van der Waals surface area (Å²) < 4.78 is 0. The van der Waals surface area contributed by atoms with Crippen LogP contribution in [0.3, 0.4) is 0 Å². The minimum absolute atomic E-state index is 0.190. The summed E-state index contributed by atoms with van der Waals surface area (Å²) >= 11 is 0. The molecule has 102 valence electrons. The molecule has 0 aliphatic carbocycles. The number of amides is 2. The van der Waals surface area contributed by atoms with E-state index in [2.05, 4.69) is 10.6 Å². The smallest absolute Gasteiger partial charge is 0.288 e. The SMILES string of the molecule is CC(C)C(=O)C(=O)NCC(=O)NCc1ccccc1. The zero-order chi connectivity index (χ0) is 14.3. The molecule has 2 amide bonds. The molecular formula is C14H18N2O3. The normalized spacial score (nSPS) is 10.1. The molecule has 19 heavy (non-hydrogen) atoms. The van der Waals surface area contributed by atoms with Gasteiger partial charge in [0.15, 0.2) is 0 Å². The van der Waals surface area contributed by atoms with Crippen LogP contribution in [0, 0.1) is 5.92 Å². The third-order valence-electron chi connectivity index (χ3n) is 2.49. The molecule has 0 fully saturated rings. The van der Waals surface area contributed by atoms with Gasteiger partial charge in [0.1, 0.15) is 0 Å². The Morgan fingerprint density at radius 3 is 2.26 bits per heavy atom. The van der Waals surface area contributed by atoms with Crippen LogP contribution in [0.4, 0.5) is 0 Å². The van der Waals surface area contributed by atoms with Crippen molar-refractivity contribution < 1.29 is 14.4 Å². The second kappa shape index (κ2) is 7.31. The number of ketones is 1. The van der Waals surface area contributed by atoms with Gasteiger partial charge in [0.2, 0.25) is 11.7 Å². The van der Waals surface area contributed by atoms with E-state index in [-0.39, 0.29) is 18.4 Å². The number of nitrogens with one attached hydrogen (secondary N) is 2. The first kappa shape index (κ1) is 14.9. The molecule has 0 saturated carbocycles. The minimum atomic E-state index is -0.718. The van der Waals surface area contributed by atoms with Gasteiger partial charge in [-0.15, -0.1) is 0 Å². The molecule has 0 spiro atoms. The van der Waals surface area contributed by atoms with Gasteiger partial charge in [-0.2, -0.15) is 0 Å². The Bertz CT molecular complexity index is 455. The topological polar surface area (TPSA) is 75.3 Å². The van der Waals surface area contributed by atoms with E-state index in [0.717, 1.165) is 5.56 Å². The van der Waals surface area contributed by atoms with E-state index in [1.165, 1.54) is 0 Å². The van der Waals surface area contributed by atoms with Gasteiger partial charge in [0, 0.05) is 12.5 Å². The second-order valence-corrected chi connectivity index (χ2v) is 4.46. The van der Waals surface area contributed by atoms with E-state index in [4.69, 9.17) is 0 Å². The van der Waals surface area contributed by atoms with Crippen molar-refractivity contribution in [1.29, 1.82) is 0 Å². The average molecular weight is 262 g/mol. The Labute approximate surface area is 112 Å². The third-order valence-corrected chi connectivity index (χ3v) is 2.49. The second-order valence-electron chi connectivity index (χ2n) is 4.46. The maximum Gasteiger partial charge on any atom is 0.288 e. The Hall–Kier alpha value is -2.17. The zero-order valence-electron chi connectivity index (χ0n) is 11.1. The predicted octanol–water partition coefficient (Wildman–Crippen LogP) is 0.644. The summed E-state index contributed by atoms with van der Waals surface area (Å²) in [5, 5.41) is 4.96. The summed E-state index contributed by atoms with van der Waals surface area (Å²) in [6.07, 6.45) is 0. The van der Waals surface area contributed by atoms with Crippen molar-refractivity contribution in [3.8, 4) is 0 Å². The monoisotopic (exact) mass is 262 g/mol. The molecule has 1 aromatic rings. The Morgan fingerprint density at radius 2 is 1.68 bits per heavy atom. The molecule has 0 unspecified atom stereocenters. The van der Waals surface area contributed by atoms with Gasteiger partial charge in [-0.25, -0.2) is 0 Å². The summed E-state index contributed by atoms with van der Waals surface area (Å²) in [5.74, 6) is -1.93. The quantitative estimate of drug-likeness (QED) is 0.739. The highest BCUT2D eigenvalue weighted by molar-refractivity contribution is 6.37. The molecular weight excluding hydrogens is 244 g/mol. The van der Waals surface area contributed by atoms with Crippen LogP contribution in [0.15, 0.2) is 30.3 Å². The fraction of sp³-hybridized carbons (Fsp3) is 0.357. The average Bonchev–Trinajstić information content (AvgIpc) is 2.42. The first-order chi connectivity index (χ1) is 9.00. The molecule has 0 aliphatic rings. The summed E-state index contributed by atoms with van der Waals surface area (Å²) in [5.41, 5.74) is 0.973.